The lowest BCUT2D eigenvalue weighted by molar-refractivity contribution is -0.125. The van der Waals surface area contributed by atoms with E-state index in [1.807, 2.05) is 36.4 Å². The van der Waals surface area contributed by atoms with Crippen LogP contribution in [0.3, 0.4) is 0 Å². The van der Waals surface area contributed by atoms with Gasteiger partial charge in [0.1, 0.15) is 11.9 Å². The summed E-state index contributed by atoms with van der Waals surface area (Å²) >= 11 is 0. The van der Waals surface area contributed by atoms with Gasteiger partial charge in [-0.25, -0.2) is 0 Å². The van der Waals surface area contributed by atoms with Gasteiger partial charge in [-0.1, -0.05) is 24.3 Å². The molecule has 0 fully saturated rings. The van der Waals surface area contributed by atoms with Crippen LogP contribution in [0.5, 0.6) is 17.2 Å². The molecule has 0 bridgehead atoms. The van der Waals surface area contributed by atoms with E-state index in [-0.39, 0.29) is 12.0 Å². The van der Waals surface area contributed by atoms with E-state index >= 15 is 0 Å². The van der Waals surface area contributed by atoms with E-state index in [9.17, 15) is 4.79 Å². The Bertz CT molecular complexity index is 881. The molecule has 0 saturated carbocycles. The highest BCUT2D eigenvalue weighted by atomic mass is 16.5. The molecule has 0 radical (unpaired) electrons. The standard InChI is InChI=1S/C23H28N2O4/c1-5-25-16-18(29-20-11-7-6-10-19(20)25)15-24(2)22(26)14-13-17-9-8-12-21(27-3)23(17)28-4/h6-14,18H,5,15-16H2,1-4H3/b14-13+/t18-/m1/s1. The van der Waals surface area contributed by atoms with Crippen LogP contribution < -0.4 is 19.1 Å². The monoisotopic (exact) mass is 396 g/mol. The van der Waals surface area contributed by atoms with E-state index in [2.05, 4.69) is 17.9 Å². The van der Waals surface area contributed by atoms with E-state index in [1.165, 1.54) is 0 Å². The minimum Gasteiger partial charge on any atom is -0.493 e. The Kier molecular flexibility index (Phi) is 6.65. The first-order chi connectivity index (χ1) is 14.1. The van der Waals surface area contributed by atoms with Crippen LogP contribution >= 0.6 is 0 Å². The van der Waals surface area contributed by atoms with Crippen molar-refractivity contribution in [1.29, 1.82) is 0 Å². The number of carbonyl (C=O) groups excluding carboxylic acids is 1. The number of hydrogen-bond donors (Lipinski definition) is 0. The summed E-state index contributed by atoms with van der Waals surface area (Å²) in [5.74, 6) is 2.00. The first kappa shape index (κ1) is 20.6. The zero-order chi connectivity index (χ0) is 20.8. The molecule has 29 heavy (non-hydrogen) atoms. The van der Waals surface area contributed by atoms with Crippen molar-refractivity contribution in [1.82, 2.24) is 4.90 Å². The van der Waals surface area contributed by atoms with Gasteiger partial charge in [-0.15, -0.1) is 0 Å². The minimum absolute atomic E-state index is 0.0847. The molecule has 2 aromatic rings. The maximum absolute atomic E-state index is 12.6. The second kappa shape index (κ2) is 9.37. The fraction of sp³-hybridized carbons (Fsp3) is 0.348. The van der Waals surface area contributed by atoms with Gasteiger partial charge in [0.05, 0.1) is 33.0 Å². The number of benzene rings is 2. The normalized spacial score (nSPS) is 15.6. The van der Waals surface area contributed by atoms with Crippen molar-refractivity contribution in [2.24, 2.45) is 0 Å². The van der Waals surface area contributed by atoms with Gasteiger partial charge in [0, 0.05) is 25.2 Å². The summed E-state index contributed by atoms with van der Waals surface area (Å²) in [7, 11) is 4.96. The largest absolute Gasteiger partial charge is 0.493 e. The highest BCUT2D eigenvalue weighted by molar-refractivity contribution is 5.92. The van der Waals surface area contributed by atoms with Gasteiger partial charge < -0.3 is 24.0 Å². The molecular formula is C23H28N2O4. The maximum atomic E-state index is 12.6. The first-order valence-electron chi connectivity index (χ1n) is 9.72. The van der Waals surface area contributed by atoms with Crippen LogP contribution in [0.2, 0.25) is 0 Å². The predicted octanol–water partition coefficient (Wildman–Crippen LogP) is 3.46. The Morgan fingerprint density at radius 1 is 1.21 bits per heavy atom. The van der Waals surface area contributed by atoms with Crippen molar-refractivity contribution < 1.29 is 19.0 Å². The fourth-order valence-corrected chi connectivity index (χ4v) is 3.50. The Morgan fingerprint density at radius 3 is 2.72 bits per heavy atom. The third-order valence-electron chi connectivity index (χ3n) is 5.00. The number of para-hydroxylation sites is 3. The van der Waals surface area contributed by atoms with Gasteiger partial charge in [-0.05, 0) is 31.2 Å². The van der Waals surface area contributed by atoms with Crippen molar-refractivity contribution in [3.8, 4) is 17.2 Å². The Balaban J connectivity index is 1.67. The van der Waals surface area contributed by atoms with E-state index < -0.39 is 0 Å². The van der Waals surface area contributed by atoms with E-state index in [0.29, 0.717) is 18.0 Å². The predicted molar refractivity (Wildman–Crippen MR) is 115 cm³/mol. The molecule has 6 heteroatoms. The number of hydrogen-bond acceptors (Lipinski definition) is 5. The van der Waals surface area contributed by atoms with Gasteiger partial charge in [-0.2, -0.15) is 0 Å². The summed E-state index contributed by atoms with van der Waals surface area (Å²) < 4.78 is 16.8. The fourth-order valence-electron chi connectivity index (χ4n) is 3.50. The van der Waals surface area contributed by atoms with Gasteiger partial charge in [-0.3, -0.25) is 4.79 Å². The lowest BCUT2D eigenvalue weighted by Crippen LogP contribution is -2.46. The molecule has 1 atom stereocenters. The van der Waals surface area contributed by atoms with Gasteiger partial charge >= 0.3 is 0 Å². The van der Waals surface area contributed by atoms with Crippen molar-refractivity contribution in [3.05, 3.63) is 54.1 Å². The van der Waals surface area contributed by atoms with Crippen molar-refractivity contribution in [2.75, 3.05) is 45.8 Å². The zero-order valence-electron chi connectivity index (χ0n) is 17.4. The van der Waals surface area contributed by atoms with Crippen LogP contribution in [0.4, 0.5) is 5.69 Å². The quantitative estimate of drug-likeness (QED) is 0.671. The van der Waals surface area contributed by atoms with Crippen molar-refractivity contribution in [2.45, 2.75) is 13.0 Å². The molecule has 1 aliphatic heterocycles. The summed E-state index contributed by atoms with van der Waals surface area (Å²) in [5, 5.41) is 0. The maximum Gasteiger partial charge on any atom is 0.246 e. The smallest absolute Gasteiger partial charge is 0.246 e. The second-order valence-electron chi connectivity index (χ2n) is 6.88. The number of methoxy groups -OCH3 is 2. The van der Waals surface area contributed by atoms with Gasteiger partial charge in [0.25, 0.3) is 0 Å². The van der Waals surface area contributed by atoms with E-state index in [4.69, 9.17) is 14.2 Å². The summed E-state index contributed by atoms with van der Waals surface area (Å²) in [6.45, 7) is 4.27. The molecule has 154 valence electrons. The average Bonchev–Trinajstić information content (AvgIpc) is 2.76. The van der Waals surface area contributed by atoms with Gasteiger partial charge in [0.2, 0.25) is 5.91 Å². The molecule has 1 heterocycles. The summed E-state index contributed by atoms with van der Waals surface area (Å²) in [5.41, 5.74) is 1.89. The number of amides is 1. The molecule has 1 amide bonds. The third kappa shape index (κ3) is 4.65. The van der Waals surface area contributed by atoms with Crippen LogP contribution in [0.15, 0.2) is 48.5 Å². The Morgan fingerprint density at radius 2 is 2.00 bits per heavy atom. The molecule has 1 aliphatic rings. The van der Waals surface area contributed by atoms with Crippen molar-refractivity contribution >= 4 is 17.7 Å². The summed E-state index contributed by atoms with van der Waals surface area (Å²) in [4.78, 5) is 16.6. The number of anilines is 1. The number of rotatable bonds is 7. The molecule has 0 unspecified atom stereocenters. The topological polar surface area (TPSA) is 51.2 Å². The molecule has 3 rings (SSSR count). The third-order valence-corrected chi connectivity index (χ3v) is 5.00. The number of likely N-dealkylation sites (N-methyl/N-ethyl adjacent to an activating group) is 2. The van der Waals surface area contributed by atoms with E-state index in [0.717, 1.165) is 30.1 Å². The molecule has 2 aromatic carbocycles. The average molecular weight is 396 g/mol. The lowest BCUT2D eigenvalue weighted by Gasteiger charge is -2.37. The van der Waals surface area contributed by atoms with Crippen LogP contribution in [0.1, 0.15) is 12.5 Å². The van der Waals surface area contributed by atoms with E-state index in [1.54, 1.807) is 38.3 Å². The number of nitrogens with zero attached hydrogens (tertiary/aromatic N) is 2. The highest BCUT2D eigenvalue weighted by Gasteiger charge is 2.26. The zero-order valence-corrected chi connectivity index (χ0v) is 17.4. The van der Waals surface area contributed by atoms with Crippen molar-refractivity contribution in [3.63, 3.8) is 0 Å². The second-order valence-corrected chi connectivity index (χ2v) is 6.88. The van der Waals surface area contributed by atoms with Crippen LogP contribution in [0, 0.1) is 0 Å². The molecule has 6 nitrogen and oxygen atoms in total. The Labute approximate surface area is 172 Å². The van der Waals surface area contributed by atoms with Crippen LogP contribution in [0.25, 0.3) is 6.08 Å². The molecule has 0 saturated heterocycles. The molecule has 0 spiro atoms. The SMILES string of the molecule is CCN1C[C@@H](CN(C)C(=O)/C=C/c2cccc(OC)c2OC)Oc2ccccc21. The summed E-state index contributed by atoms with van der Waals surface area (Å²) in [6.07, 6.45) is 3.21. The Hall–Kier alpha value is -3.15. The number of ether oxygens (including phenoxy) is 3. The first-order valence-corrected chi connectivity index (χ1v) is 9.72. The molecule has 0 N–H and O–H groups in total. The minimum atomic E-state index is -0.0969. The van der Waals surface area contributed by atoms with Crippen LogP contribution in [-0.2, 0) is 4.79 Å². The molecular weight excluding hydrogens is 368 g/mol. The molecule has 0 aliphatic carbocycles. The van der Waals surface area contributed by atoms with Crippen LogP contribution in [-0.4, -0.2) is 57.8 Å². The number of carbonyl (C=O) groups is 1. The van der Waals surface area contributed by atoms with Gasteiger partial charge in [0.15, 0.2) is 11.5 Å². The highest BCUT2D eigenvalue weighted by Crippen LogP contribution is 2.33. The lowest BCUT2D eigenvalue weighted by atomic mass is 10.1. The molecule has 0 aromatic heterocycles. The number of fused-ring (bicyclic) bond motifs is 1. The summed E-state index contributed by atoms with van der Waals surface area (Å²) in [6, 6.07) is 13.6.